The number of aliphatic hydroxyl groups is 1. The molecule has 4 aliphatic heterocycles. The van der Waals surface area contributed by atoms with Crippen molar-refractivity contribution >= 4 is 41.2 Å². The summed E-state index contributed by atoms with van der Waals surface area (Å²) in [6.45, 7) is 3.12. The van der Waals surface area contributed by atoms with E-state index in [-0.39, 0.29) is 104 Å². The first-order valence-corrected chi connectivity index (χ1v) is 24.6. The molecule has 6 amide bonds. The number of amides is 6. The minimum Gasteiger partial charge on any atom is -0.458 e. The lowest BCUT2D eigenvalue weighted by atomic mass is 9.94. The molecule has 0 spiro atoms. The largest absolute Gasteiger partial charge is 0.458 e. The molecule has 0 saturated carbocycles. The van der Waals surface area contributed by atoms with Crippen LogP contribution in [0.25, 0.3) is 0 Å². The molecule has 5 aromatic rings. The second-order valence-corrected chi connectivity index (χ2v) is 18.6. The van der Waals surface area contributed by atoms with Crippen LogP contribution in [0.1, 0.15) is 80.6 Å². The van der Waals surface area contributed by atoms with E-state index in [0.717, 1.165) is 46.2 Å². The molecule has 4 aliphatic rings. The molecule has 0 aliphatic carbocycles. The fraction of sp³-hybridized carbons (Fsp3) is 0.250. The fourth-order valence-electron chi connectivity index (χ4n) is 9.91. The van der Waals surface area contributed by atoms with Gasteiger partial charge in [-0.15, -0.1) is 0 Å². The van der Waals surface area contributed by atoms with E-state index in [0.29, 0.717) is 22.3 Å². The predicted octanol–water partition coefficient (Wildman–Crippen LogP) is 8.41. The van der Waals surface area contributed by atoms with Crippen molar-refractivity contribution in [1.29, 1.82) is 10.5 Å². The third kappa shape index (κ3) is 11.3. The summed E-state index contributed by atoms with van der Waals surface area (Å²) in [7, 11) is 0. The average molecular weight is 1090 g/mol. The molecular weight excluding hydrogens is 1040 g/mol. The van der Waals surface area contributed by atoms with Gasteiger partial charge in [0.2, 0.25) is 0 Å². The number of carbonyl (C=O) groups excluding carboxylic acids is 5. The van der Waals surface area contributed by atoms with E-state index in [1.54, 1.807) is 29.2 Å². The average Bonchev–Trinajstić information content (AvgIpc) is 4.13. The minimum atomic E-state index is -4.75. The Morgan fingerprint density at radius 3 is 1.57 bits per heavy atom. The number of carbonyl (C=O) groups is 5. The van der Waals surface area contributed by atoms with Gasteiger partial charge in [0.15, 0.2) is 6.23 Å². The van der Waals surface area contributed by atoms with Gasteiger partial charge < -0.3 is 30.3 Å². The summed E-state index contributed by atoms with van der Waals surface area (Å²) in [6, 6.07) is 23.6. The number of aliphatic hydroxyl groups excluding tert-OH is 1. The Bertz CT molecular complexity index is 3200. The van der Waals surface area contributed by atoms with Gasteiger partial charge in [-0.05, 0) is 96.8 Å². The Balaban J connectivity index is 0.966. The lowest BCUT2D eigenvalue weighted by Gasteiger charge is -2.34. The van der Waals surface area contributed by atoms with Crippen LogP contribution in [0.2, 0.25) is 0 Å². The van der Waals surface area contributed by atoms with Crippen LogP contribution in [0.4, 0.5) is 47.3 Å². The topological polar surface area (TPSA) is 216 Å². The number of hydrogen-bond donors (Lipinski definition) is 3. The van der Waals surface area contributed by atoms with E-state index >= 15 is 0 Å². The molecule has 1 aromatic heterocycles. The molecule has 4 aromatic carbocycles. The van der Waals surface area contributed by atoms with Crippen molar-refractivity contribution in [1.82, 2.24) is 30.3 Å². The van der Waals surface area contributed by atoms with E-state index < -0.39 is 71.6 Å². The Hall–Kier alpha value is -9.32. The highest BCUT2D eigenvalue weighted by Crippen LogP contribution is 2.42. The van der Waals surface area contributed by atoms with Crippen LogP contribution in [0.15, 0.2) is 151 Å². The number of nitrogens with one attached hydrogen (secondary N) is 2. The lowest BCUT2D eigenvalue weighted by molar-refractivity contribution is -0.138. The van der Waals surface area contributed by atoms with E-state index in [2.05, 4.69) is 22.2 Å². The summed E-state index contributed by atoms with van der Waals surface area (Å²) < 4.78 is 88.8. The molecule has 23 heteroatoms. The lowest BCUT2D eigenvalue weighted by Crippen LogP contribution is -2.47. The molecule has 3 atom stereocenters. The zero-order chi connectivity index (χ0) is 56.3. The van der Waals surface area contributed by atoms with Gasteiger partial charge >= 0.3 is 30.4 Å². The zero-order valence-electron chi connectivity index (χ0n) is 41.6. The highest BCUT2D eigenvalue weighted by atomic mass is 19.4. The molecule has 3 N–H and O–H groups in total. The standard InChI is InChI=1S/C56H46F6N10O7/c1-2-25-79-52(76)37-19-20-42(65-30-37)49(73)68(21-5-23-69-31-43-45(50(69)74)47(35-15-11-33(28-63)12-16-35)66-53(77)71(43)40-9-3-7-38(26-40)55(57,58)59)22-6-24-70-32-44-46(51(70)75)48(36-17-13-34(29-64)14-18-36)67-54(78)72(44)41-10-4-8-39(27-41)56(60,61)62/h2-4,7-20,26-27,30,47-49,73H,1,5-6,21-25,31-32H2,(H,66,77)(H,67,78)/t47-,48-,49?/m1/s1. The van der Waals surface area contributed by atoms with Crippen LogP contribution < -0.4 is 20.4 Å². The van der Waals surface area contributed by atoms with Crippen LogP contribution in [0.5, 0.6) is 0 Å². The van der Waals surface area contributed by atoms with E-state index in [1.165, 1.54) is 70.6 Å². The Labute approximate surface area is 447 Å². The number of urea groups is 2. The molecule has 0 fully saturated rings. The normalized spacial score (nSPS) is 17.8. The number of ether oxygens (including phenoxy) is 1. The van der Waals surface area contributed by atoms with Gasteiger partial charge in [-0.2, -0.15) is 36.9 Å². The van der Waals surface area contributed by atoms with Crippen molar-refractivity contribution in [2.24, 2.45) is 0 Å². The zero-order valence-corrected chi connectivity index (χ0v) is 41.6. The number of pyridine rings is 1. The van der Waals surface area contributed by atoms with Crippen molar-refractivity contribution < 1.29 is 60.2 Å². The summed E-state index contributed by atoms with van der Waals surface area (Å²) in [5, 5.41) is 36.3. The number of esters is 1. The first kappa shape index (κ1) is 54.5. The molecule has 79 heavy (non-hydrogen) atoms. The van der Waals surface area contributed by atoms with Crippen LogP contribution in [-0.4, -0.2) is 101 Å². The number of aromatic nitrogens is 1. The number of halogens is 6. The van der Waals surface area contributed by atoms with Gasteiger partial charge in [0.1, 0.15) is 6.61 Å². The number of alkyl halides is 6. The van der Waals surface area contributed by atoms with Crippen molar-refractivity contribution in [3.63, 3.8) is 0 Å². The van der Waals surface area contributed by atoms with Gasteiger partial charge in [-0.25, -0.2) is 14.4 Å². The van der Waals surface area contributed by atoms with Crippen LogP contribution in [0.3, 0.4) is 0 Å². The minimum absolute atomic E-state index is 0.00827. The molecule has 17 nitrogen and oxygen atoms in total. The van der Waals surface area contributed by atoms with Crippen molar-refractivity contribution in [3.8, 4) is 12.1 Å². The summed E-state index contributed by atoms with van der Waals surface area (Å²) in [5.41, 5.74) is -0.226. The van der Waals surface area contributed by atoms with Gasteiger partial charge in [-0.3, -0.25) is 29.3 Å². The van der Waals surface area contributed by atoms with E-state index in [1.807, 2.05) is 12.1 Å². The maximum atomic E-state index is 14.5. The van der Waals surface area contributed by atoms with Gasteiger partial charge in [0, 0.05) is 32.4 Å². The Morgan fingerprint density at radius 2 is 1.18 bits per heavy atom. The number of nitriles is 2. The molecule has 5 heterocycles. The summed E-state index contributed by atoms with van der Waals surface area (Å²) in [5.74, 6) is -1.77. The third-order valence-corrected chi connectivity index (χ3v) is 13.7. The summed E-state index contributed by atoms with van der Waals surface area (Å²) in [6.07, 6.45) is -8.07. The maximum absolute atomic E-state index is 14.5. The SMILES string of the molecule is C=CCOC(=O)c1ccc(C(O)N(CCCN2CC3=C(C2=O)[C@@H](c2ccc(C#N)cc2)NC(=O)N3c2cccc(C(F)(F)F)c2)CCCN2CC3=C(C2=O)[C@@H](c2ccc(C#N)cc2)NC(=O)N3c2cccc(C(F)(F)F)c2)nc1. The van der Waals surface area contributed by atoms with Gasteiger partial charge in [0.25, 0.3) is 11.8 Å². The number of benzene rings is 4. The molecule has 0 saturated heterocycles. The number of nitrogens with zero attached hydrogens (tertiary/aromatic N) is 8. The third-order valence-electron chi connectivity index (χ3n) is 13.7. The molecule has 1 unspecified atom stereocenters. The van der Waals surface area contributed by atoms with Crippen molar-refractivity contribution in [2.45, 2.75) is 43.5 Å². The maximum Gasteiger partial charge on any atom is 0.416 e. The second kappa shape index (κ2) is 22.3. The molecule has 404 valence electrons. The molecular formula is C56H46F6N10O7. The van der Waals surface area contributed by atoms with Crippen LogP contribution in [0, 0.1) is 22.7 Å². The number of hydrogen-bond acceptors (Lipinski definition) is 11. The second-order valence-electron chi connectivity index (χ2n) is 18.6. The summed E-state index contributed by atoms with van der Waals surface area (Å²) >= 11 is 0. The van der Waals surface area contributed by atoms with Crippen molar-refractivity contribution in [3.05, 3.63) is 195 Å². The number of rotatable bonds is 17. The smallest absolute Gasteiger partial charge is 0.416 e. The van der Waals surface area contributed by atoms with Crippen LogP contribution >= 0.6 is 0 Å². The van der Waals surface area contributed by atoms with E-state index in [9.17, 15) is 65.9 Å². The van der Waals surface area contributed by atoms with Crippen molar-refractivity contribution in [2.75, 3.05) is 55.7 Å². The van der Waals surface area contributed by atoms with Gasteiger partial charge in [-0.1, -0.05) is 49.1 Å². The first-order valence-electron chi connectivity index (χ1n) is 24.6. The fourth-order valence-corrected chi connectivity index (χ4v) is 9.91. The Morgan fingerprint density at radius 1 is 0.722 bits per heavy atom. The molecule has 0 bridgehead atoms. The highest BCUT2D eigenvalue weighted by Gasteiger charge is 2.47. The molecule has 9 rings (SSSR count). The van der Waals surface area contributed by atoms with E-state index in [4.69, 9.17) is 4.74 Å². The van der Waals surface area contributed by atoms with Crippen LogP contribution in [-0.2, 0) is 26.7 Å². The summed E-state index contributed by atoms with van der Waals surface area (Å²) in [4.78, 5) is 80.3. The quantitative estimate of drug-likeness (QED) is 0.0348. The Kier molecular flexibility index (Phi) is 15.4. The number of anilines is 2. The highest BCUT2D eigenvalue weighted by molar-refractivity contribution is 6.08. The van der Waals surface area contributed by atoms with Gasteiger partial charge in [0.05, 0.1) is 105 Å². The first-order chi connectivity index (χ1) is 37.8. The predicted molar refractivity (Wildman–Crippen MR) is 270 cm³/mol. The molecule has 0 radical (unpaired) electrons. The monoisotopic (exact) mass is 1080 g/mol.